The second-order valence-electron chi connectivity index (χ2n) is 4.30. The molecule has 0 saturated heterocycles. The molecule has 2 N–H and O–H groups in total. The Hall–Kier alpha value is -2.47. The van der Waals surface area contributed by atoms with Crippen LogP contribution in [0.1, 0.15) is 10.4 Å². The van der Waals surface area contributed by atoms with Crippen LogP contribution in [0.25, 0.3) is 10.2 Å². The Labute approximate surface area is 119 Å². The fourth-order valence-corrected chi connectivity index (χ4v) is 2.73. The molecule has 0 spiro atoms. The van der Waals surface area contributed by atoms with Crippen LogP contribution in [0.5, 0.6) is 0 Å². The van der Waals surface area contributed by atoms with Gasteiger partial charge < -0.3 is 10.6 Å². The van der Waals surface area contributed by atoms with Crippen LogP contribution in [0.3, 0.4) is 0 Å². The van der Waals surface area contributed by atoms with Gasteiger partial charge >= 0.3 is 0 Å². The Morgan fingerprint density at radius 3 is 2.75 bits per heavy atom. The minimum Gasteiger partial charge on any atom is -0.375 e. The number of nitrogen functional groups attached to an aromatic ring is 1. The number of hydrogen-bond acceptors (Lipinski definition) is 5. The number of carbonyl (C=O) groups excluding carboxylic acids is 1. The van der Waals surface area contributed by atoms with E-state index in [0.717, 1.165) is 15.9 Å². The van der Waals surface area contributed by atoms with Gasteiger partial charge in [0.15, 0.2) is 5.13 Å². The van der Waals surface area contributed by atoms with Crippen LogP contribution in [-0.2, 0) is 0 Å². The molecule has 0 unspecified atom stereocenters. The first-order chi connectivity index (χ1) is 9.65. The summed E-state index contributed by atoms with van der Waals surface area (Å²) < 4.78 is 0.913. The molecule has 1 amide bonds. The van der Waals surface area contributed by atoms with Crippen molar-refractivity contribution in [3.8, 4) is 0 Å². The van der Waals surface area contributed by atoms with Gasteiger partial charge in [0.2, 0.25) is 0 Å². The smallest absolute Gasteiger partial charge is 0.258 e. The summed E-state index contributed by atoms with van der Waals surface area (Å²) in [5, 5.41) is 0.507. The summed E-state index contributed by atoms with van der Waals surface area (Å²) in [7, 11) is 1.74. The van der Waals surface area contributed by atoms with Crippen LogP contribution in [-0.4, -0.2) is 22.9 Å². The van der Waals surface area contributed by atoms with Crippen molar-refractivity contribution in [1.29, 1.82) is 0 Å². The predicted molar refractivity (Wildman–Crippen MR) is 81.0 cm³/mol. The quantitative estimate of drug-likeness (QED) is 0.785. The first kappa shape index (κ1) is 12.6. The van der Waals surface area contributed by atoms with Gasteiger partial charge in [-0.05, 0) is 30.3 Å². The number of pyridine rings is 1. The van der Waals surface area contributed by atoms with Gasteiger partial charge in [-0.3, -0.25) is 9.78 Å². The van der Waals surface area contributed by atoms with E-state index in [1.165, 1.54) is 11.3 Å². The third-order valence-corrected chi connectivity index (χ3v) is 3.85. The van der Waals surface area contributed by atoms with E-state index in [0.29, 0.717) is 10.7 Å². The zero-order valence-electron chi connectivity index (χ0n) is 10.8. The number of thiazole rings is 1. The number of aromatic nitrogens is 2. The lowest BCUT2D eigenvalue weighted by molar-refractivity contribution is 0.0993. The molecule has 0 bridgehead atoms. The number of carbonyl (C=O) groups is 1. The molecular weight excluding hydrogens is 272 g/mol. The normalized spacial score (nSPS) is 10.7. The maximum absolute atomic E-state index is 12.5. The van der Waals surface area contributed by atoms with Gasteiger partial charge in [0, 0.05) is 30.7 Å². The van der Waals surface area contributed by atoms with E-state index < -0.39 is 0 Å². The molecule has 2 heterocycles. The summed E-state index contributed by atoms with van der Waals surface area (Å²) in [4.78, 5) is 22.2. The van der Waals surface area contributed by atoms with E-state index in [4.69, 9.17) is 5.73 Å². The number of nitrogens with two attached hydrogens (primary N) is 1. The van der Waals surface area contributed by atoms with Crippen molar-refractivity contribution in [2.24, 2.45) is 0 Å². The van der Waals surface area contributed by atoms with Gasteiger partial charge in [-0.25, -0.2) is 4.98 Å². The van der Waals surface area contributed by atoms with E-state index in [9.17, 15) is 4.79 Å². The molecule has 2 aromatic heterocycles. The summed E-state index contributed by atoms with van der Waals surface area (Å²) >= 11 is 1.38. The highest BCUT2D eigenvalue weighted by molar-refractivity contribution is 7.22. The summed E-state index contributed by atoms with van der Waals surface area (Å²) in [5.41, 5.74) is 7.90. The standard InChI is InChI=1S/C14H12N4OS/c1-18(10-4-6-16-7-5-10)13(19)9-2-3-11-12(8-9)20-14(15)17-11/h2-8H,1H3,(H2,15,17). The molecule has 0 aliphatic rings. The Balaban J connectivity index is 1.95. The van der Waals surface area contributed by atoms with E-state index >= 15 is 0 Å². The van der Waals surface area contributed by atoms with E-state index in [1.54, 1.807) is 42.5 Å². The fourth-order valence-electron chi connectivity index (χ4n) is 1.95. The Morgan fingerprint density at radius 1 is 1.25 bits per heavy atom. The Kier molecular flexibility index (Phi) is 3.08. The molecule has 3 aromatic rings. The Bertz CT molecular complexity index is 769. The van der Waals surface area contributed by atoms with Crippen LogP contribution in [0.15, 0.2) is 42.7 Å². The average molecular weight is 284 g/mol. The van der Waals surface area contributed by atoms with Crippen LogP contribution >= 0.6 is 11.3 Å². The summed E-state index contributed by atoms with van der Waals surface area (Å²) in [5.74, 6) is -0.0786. The highest BCUT2D eigenvalue weighted by atomic mass is 32.1. The van der Waals surface area contributed by atoms with E-state index in [2.05, 4.69) is 9.97 Å². The molecule has 0 atom stereocenters. The molecule has 3 rings (SSSR count). The number of hydrogen-bond donors (Lipinski definition) is 1. The largest absolute Gasteiger partial charge is 0.375 e. The lowest BCUT2D eigenvalue weighted by atomic mass is 10.2. The zero-order valence-corrected chi connectivity index (χ0v) is 11.6. The topological polar surface area (TPSA) is 72.1 Å². The first-order valence-corrected chi connectivity index (χ1v) is 6.81. The van der Waals surface area contributed by atoms with Crippen molar-refractivity contribution in [2.75, 3.05) is 17.7 Å². The number of fused-ring (bicyclic) bond motifs is 1. The SMILES string of the molecule is CN(C(=O)c1ccc2nc(N)sc2c1)c1ccncc1. The van der Waals surface area contributed by atoms with Crippen molar-refractivity contribution in [2.45, 2.75) is 0 Å². The highest BCUT2D eigenvalue weighted by Crippen LogP contribution is 2.25. The molecule has 0 radical (unpaired) electrons. The zero-order chi connectivity index (χ0) is 14.1. The highest BCUT2D eigenvalue weighted by Gasteiger charge is 2.14. The van der Waals surface area contributed by atoms with Crippen molar-refractivity contribution < 1.29 is 4.79 Å². The van der Waals surface area contributed by atoms with Crippen LogP contribution in [0, 0.1) is 0 Å². The molecule has 6 heteroatoms. The Morgan fingerprint density at radius 2 is 2.00 bits per heavy atom. The summed E-state index contributed by atoms with van der Waals surface area (Å²) in [6.07, 6.45) is 3.32. The van der Waals surface area contributed by atoms with Crippen molar-refractivity contribution in [3.63, 3.8) is 0 Å². The van der Waals surface area contributed by atoms with E-state index in [1.807, 2.05) is 12.1 Å². The molecule has 0 saturated carbocycles. The molecule has 20 heavy (non-hydrogen) atoms. The van der Waals surface area contributed by atoms with Gasteiger partial charge in [0.25, 0.3) is 5.91 Å². The molecule has 0 fully saturated rings. The maximum atomic E-state index is 12.5. The number of nitrogens with zero attached hydrogens (tertiary/aromatic N) is 3. The van der Waals surface area contributed by atoms with Gasteiger partial charge in [-0.1, -0.05) is 11.3 Å². The van der Waals surface area contributed by atoms with Gasteiger partial charge in [-0.15, -0.1) is 0 Å². The molecule has 100 valence electrons. The van der Waals surface area contributed by atoms with Gasteiger partial charge in [0.1, 0.15) is 0 Å². The van der Waals surface area contributed by atoms with Crippen molar-refractivity contribution >= 4 is 38.3 Å². The lowest BCUT2D eigenvalue weighted by Gasteiger charge is -2.16. The molecule has 1 aromatic carbocycles. The van der Waals surface area contributed by atoms with Gasteiger partial charge in [-0.2, -0.15) is 0 Å². The third kappa shape index (κ3) is 2.21. The number of amides is 1. The number of benzene rings is 1. The van der Waals surface area contributed by atoms with Crippen molar-refractivity contribution in [3.05, 3.63) is 48.3 Å². The molecule has 5 nitrogen and oxygen atoms in total. The third-order valence-electron chi connectivity index (χ3n) is 3.01. The minimum atomic E-state index is -0.0786. The summed E-state index contributed by atoms with van der Waals surface area (Å²) in [6, 6.07) is 8.99. The molecule has 0 aliphatic carbocycles. The second-order valence-corrected chi connectivity index (χ2v) is 5.37. The average Bonchev–Trinajstić information content (AvgIpc) is 2.85. The van der Waals surface area contributed by atoms with Crippen LogP contribution in [0.4, 0.5) is 10.8 Å². The number of anilines is 2. The van der Waals surface area contributed by atoms with E-state index in [-0.39, 0.29) is 5.91 Å². The molecular formula is C14H12N4OS. The second kappa shape index (κ2) is 4.90. The summed E-state index contributed by atoms with van der Waals surface area (Å²) in [6.45, 7) is 0. The fraction of sp³-hybridized carbons (Fsp3) is 0.0714. The minimum absolute atomic E-state index is 0.0786. The first-order valence-electron chi connectivity index (χ1n) is 5.99. The molecule has 0 aliphatic heterocycles. The van der Waals surface area contributed by atoms with Gasteiger partial charge in [0.05, 0.1) is 10.2 Å². The predicted octanol–water partition coefficient (Wildman–Crippen LogP) is 2.55. The monoisotopic (exact) mass is 284 g/mol. The number of rotatable bonds is 2. The lowest BCUT2D eigenvalue weighted by Crippen LogP contribution is -2.26. The van der Waals surface area contributed by atoms with Crippen molar-refractivity contribution in [1.82, 2.24) is 9.97 Å². The van der Waals surface area contributed by atoms with Crippen LogP contribution < -0.4 is 10.6 Å². The maximum Gasteiger partial charge on any atom is 0.258 e. The van der Waals surface area contributed by atoms with Crippen LogP contribution in [0.2, 0.25) is 0 Å².